The minimum atomic E-state index is -0.358. The van der Waals surface area contributed by atoms with Gasteiger partial charge in [-0.3, -0.25) is 9.59 Å². The van der Waals surface area contributed by atoms with E-state index in [2.05, 4.69) is 10.6 Å². The molecule has 5 nitrogen and oxygen atoms in total. The smallest absolute Gasteiger partial charge is 0.237 e. The summed E-state index contributed by atoms with van der Waals surface area (Å²) < 4.78 is 0. The van der Waals surface area contributed by atoms with Crippen LogP contribution in [0, 0.1) is 0 Å². The molecule has 0 radical (unpaired) electrons. The summed E-state index contributed by atoms with van der Waals surface area (Å²) in [7, 11) is 3.37. The van der Waals surface area contributed by atoms with Gasteiger partial charge in [0.2, 0.25) is 11.8 Å². The molecule has 1 rings (SSSR count). The Balaban J connectivity index is 2.43. The monoisotopic (exact) mass is 185 g/mol. The highest BCUT2D eigenvalue weighted by molar-refractivity contribution is 5.88. The first-order valence-corrected chi connectivity index (χ1v) is 4.32. The quantitative estimate of drug-likeness (QED) is 0.553. The minimum Gasteiger partial charge on any atom is -0.353 e. The summed E-state index contributed by atoms with van der Waals surface area (Å²) in [6.07, 6.45) is 0.235. The SMILES string of the molecule is CN(C)C(=O)CC1NCCNC1=O. The van der Waals surface area contributed by atoms with Crippen LogP contribution in [0.5, 0.6) is 0 Å². The zero-order valence-electron chi connectivity index (χ0n) is 7.96. The van der Waals surface area contributed by atoms with E-state index < -0.39 is 0 Å². The Morgan fingerprint density at radius 1 is 1.54 bits per heavy atom. The number of piperazine rings is 1. The summed E-state index contributed by atoms with van der Waals surface area (Å²) in [5, 5.41) is 5.70. The minimum absolute atomic E-state index is 0.0328. The summed E-state index contributed by atoms with van der Waals surface area (Å²) in [4.78, 5) is 24.0. The topological polar surface area (TPSA) is 61.4 Å². The first kappa shape index (κ1) is 9.98. The van der Waals surface area contributed by atoms with E-state index in [1.54, 1.807) is 14.1 Å². The van der Waals surface area contributed by atoms with Gasteiger partial charge >= 0.3 is 0 Å². The Labute approximate surface area is 77.5 Å². The van der Waals surface area contributed by atoms with E-state index in [0.717, 1.165) is 6.54 Å². The molecule has 1 fully saturated rings. The van der Waals surface area contributed by atoms with Gasteiger partial charge in [-0.25, -0.2) is 0 Å². The van der Waals surface area contributed by atoms with Crippen LogP contribution in [0.4, 0.5) is 0 Å². The van der Waals surface area contributed by atoms with Gasteiger partial charge in [0.1, 0.15) is 0 Å². The van der Waals surface area contributed by atoms with Gasteiger partial charge in [0.25, 0.3) is 0 Å². The predicted octanol–water partition coefficient (Wildman–Crippen LogP) is -1.45. The van der Waals surface area contributed by atoms with E-state index in [0.29, 0.717) is 6.54 Å². The molecule has 0 aromatic carbocycles. The lowest BCUT2D eigenvalue weighted by molar-refractivity contribution is -0.133. The maximum atomic E-state index is 11.3. The van der Waals surface area contributed by atoms with Crippen LogP contribution in [-0.4, -0.2) is 49.9 Å². The zero-order chi connectivity index (χ0) is 9.84. The van der Waals surface area contributed by atoms with Gasteiger partial charge < -0.3 is 15.5 Å². The molecule has 2 amide bonds. The molecule has 0 aromatic rings. The van der Waals surface area contributed by atoms with Gasteiger partial charge in [0.15, 0.2) is 0 Å². The molecular weight excluding hydrogens is 170 g/mol. The van der Waals surface area contributed by atoms with Crippen molar-refractivity contribution in [2.45, 2.75) is 12.5 Å². The molecular formula is C8H15N3O2. The molecule has 5 heteroatoms. The van der Waals surface area contributed by atoms with Crippen LogP contribution in [0.15, 0.2) is 0 Å². The van der Waals surface area contributed by atoms with Crippen molar-refractivity contribution in [3.63, 3.8) is 0 Å². The standard InChI is InChI=1S/C8H15N3O2/c1-11(2)7(12)5-6-8(13)10-4-3-9-6/h6,9H,3-5H2,1-2H3,(H,10,13). The molecule has 0 saturated carbocycles. The van der Waals surface area contributed by atoms with E-state index in [9.17, 15) is 9.59 Å². The summed E-state index contributed by atoms with van der Waals surface area (Å²) in [6, 6.07) is -0.358. The average molecular weight is 185 g/mol. The molecule has 1 saturated heterocycles. The van der Waals surface area contributed by atoms with Crippen molar-refractivity contribution in [2.75, 3.05) is 27.2 Å². The summed E-state index contributed by atoms with van der Waals surface area (Å²) in [5.41, 5.74) is 0. The molecule has 0 aliphatic carbocycles. The number of carbonyl (C=O) groups is 2. The zero-order valence-corrected chi connectivity index (χ0v) is 7.96. The lowest BCUT2D eigenvalue weighted by Gasteiger charge is -2.23. The Kier molecular flexibility index (Phi) is 3.25. The van der Waals surface area contributed by atoms with E-state index in [4.69, 9.17) is 0 Å². The summed E-state index contributed by atoms with van der Waals surface area (Å²) in [5.74, 6) is -0.115. The first-order chi connectivity index (χ1) is 6.11. The van der Waals surface area contributed by atoms with Crippen LogP contribution in [0.1, 0.15) is 6.42 Å². The van der Waals surface area contributed by atoms with Crippen molar-refractivity contribution in [3.05, 3.63) is 0 Å². The van der Waals surface area contributed by atoms with Crippen molar-refractivity contribution in [1.82, 2.24) is 15.5 Å². The van der Waals surface area contributed by atoms with Crippen LogP contribution in [-0.2, 0) is 9.59 Å². The van der Waals surface area contributed by atoms with Crippen molar-refractivity contribution in [1.29, 1.82) is 0 Å². The second-order valence-corrected chi connectivity index (χ2v) is 3.29. The van der Waals surface area contributed by atoms with Crippen molar-refractivity contribution in [2.24, 2.45) is 0 Å². The van der Waals surface area contributed by atoms with E-state index >= 15 is 0 Å². The highest BCUT2D eigenvalue weighted by Crippen LogP contribution is 1.98. The first-order valence-electron chi connectivity index (χ1n) is 4.32. The number of hydrogen-bond donors (Lipinski definition) is 2. The van der Waals surface area contributed by atoms with Crippen molar-refractivity contribution in [3.8, 4) is 0 Å². The number of amides is 2. The Bertz CT molecular complexity index is 215. The van der Waals surface area contributed by atoms with E-state index in [-0.39, 0.29) is 24.3 Å². The molecule has 0 aromatic heterocycles. The number of carbonyl (C=O) groups excluding carboxylic acids is 2. The lowest BCUT2D eigenvalue weighted by Crippen LogP contribution is -2.54. The van der Waals surface area contributed by atoms with Gasteiger partial charge in [0, 0.05) is 27.2 Å². The van der Waals surface area contributed by atoms with Crippen molar-refractivity contribution < 1.29 is 9.59 Å². The van der Waals surface area contributed by atoms with Crippen molar-refractivity contribution >= 4 is 11.8 Å². The molecule has 0 spiro atoms. The fourth-order valence-corrected chi connectivity index (χ4v) is 1.17. The third kappa shape index (κ3) is 2.69. The number of nitrogens with one attached hydrogen (secondary N) is 2. The van der Waals surface area contributed by atoms with Crippen LogP contribution < -0.4 is 10.6 Å². The van der Waals surface area contributed by atoms with Crippen LogP contribution in [0.25, 0.3) is 0 Å². The third-order valence-electron chi connectivity index (χ3n) is 2.01. The second kappa shape index (κ2) is 4.23. The lowest BCUT2D eigenvalue weighted by atomic mass is 10.1. The van der Waals surface area contributed by atoms with E-state index in [1.165, 1.54) is 4.90 Å². The number of rotatable bonds is 2. The maximum absolute atomic E-state index is 11.3. The maximum Gasteiger partial charge on any atom is 0.237 e. The highest BCUT2D eigenvalue weighted by atomic mass is 16.2. The average Bonchev–Trinajstić information content (AvgIpc) is 2.08. The molecule has 1 heterocycles. The van der Waals surface area contributed by atoms with Crippen LogP contribution >= 0.6 is 0 Å². The molecule has 1 atom stereocenters. The normalized spacial score (nSPS) is 22.3. The Morgan fingerprint density at radius 3 is 2.77 bits per heavy atom. The fourth-order valence-electron chi connectivity index (χ4n) is 1.17. The van der Waals surface area contributed by atoms with Gasteiger partial charge in [-0.05, 0) is 0 Å². The molecule has 1 aliphatic rings. The predicted molar refractivity (Wildman–Crippen MR) is 48.1 cm³/mol. The summed E-state index contributed by atoms with van der Waals surface area (Å²) in [6.45, 7) is 1.38. The molecule has 1 aliphatic heterocycles. The van der Waals surface area contributed by atoms with Gasteiger partial charge in [-0.1, -0.05) is 0 Å². The van der Waals surface area contributed by atoms with E-state index in [1.807, 2.05) is 0 Å². The van der Waals surface area contributed by atoms with Gasteiger partial charge in [-0.15, -0.1) is 0 Å². The fraction of sp³-hybridized carbons (Fsp3) is 0.750. The van der Waals surface area contributed by atoms with Crippen LogP contribution in [0.2, 0.25) is 0 Å². The number of nitrogens with zero attached hydrogens (tertiary/aromatic N) is 1. The molecule has 13 heavy (non-hydrogen) atoms. The molecule has 0 bridgehead atoms. The van der Waals surface area contributed by atoms with Gasteiger partial charge in [-0.2, -0.15) is 0 Å². The second-order valence-electron chi connectivity index (χ2n) is 3.29. The number of hydrogen-bond acceptors (Lipinski definition) is 3. The highest BCUT2D eigenvalue weighted by Gasteiger charge is 2.24. The third-order valence-corrected chi connectivity index (χ3v) is 2.01. The summed E-state index contributed by atoms with van der Waals surface area (Å²) >= 11 is 0. The largest absolute Gasteiger partial charge is 0.353 e. The molecule has 2 N–H and O–H groups in total. The Hall–Kier alpha value is -1.10. The van der Waals surface area contributed by atoms with Crippen LogP contribution in [0.3, 0.4) is 0 Å². The Morgan fingerprint density at radius 2 is 2.23 bits per heavy atom. The molecule has 74 valence electrons. The van der Waals surface area contributed by atoms with Gasteiger partial charge in [0.05, 0.1) is 12.5 Å². The molecule has 1 unspecified atom stereocenters.